The van der Waals surface area contributed by atoms with E-state index in [0.29, 0.717) is 6.42 Å². The molecule has 0 amide bonds. The zero-order valence-electron chi connectivity index (χ0n) is 18.9. The molecule has 6 nitrogen and oxygen atoms in total. The number of carbonyl (C=O) groups excluding carboxylic acids is 2. The van der Waals surface area contributed by atoms with Gasteiger partial charge >= 0.3 is 5.97 Å². The molecule has 1 saturated heterocycles. The summed E-state index contributed by atoms with van der Waals surface area (Å²) in [6.45, 7) is 6.32. The maximum atomic E-state index is 13.3. The summed E-state index contributed by atoms with van der Waals surface area (Å²) < 4.78 is 18.0. The number of fused-ring (bicyclic) bond motifs is 7. The van der Waals surface area contributed by atoms with E-state index in [4.69, 9.17) is 14.2 Å². The highest BCUT2D eigenvalue weighted by Gasteiger charge is 2.76. The smallest absolute Gasteiger partial charge is 0.341 e. The monoisotopic (exact) mass is 430 g/mol. The molecule has 4 fully saturated rings. The summed E-state index contributed by atoms with van der Waals surface area (Å²) in [6, 6.07) is 0. The fourth-order valence-electron chi connectivity index (χ4n) is 8.01. The number of rotatable bonds is 3. The van der Waals surface area contributed by atoms with Crippen molar-refractivity contribution in [3.8, 4) is 0 Å². The summed E-state index contributed by atoms with van der Waals surface area (Å²) in [4.78, 5) is 25.2. The van der Waals surface area contributed by atoms with Crippen LogP contribution in [0, 0.1) is 28.6 Å². The molecule has 170 valence electrons. The van der Waals surface area contributed by atoms with E-state index in [1.54, 1.807) is 12.2 Å². The minimum absolute atomic E-state index is 0.00915. The Bertz CT molecular complexity index is 862. The summed E-state index contributed by atoms with van der Waals surface area (Å²) in [6.07, 6.45) is 8.60. The molecule has 0 aromatic carbocycles. The highest BCUT2D eigenvalue weighted by Crippen LogP contribution is 2.69. The summed E-state index contributed by atoms with van der Waals surface area (Å²) in [5, 5.41) is 11.6. The number of aliphatic hydroxyl groups excluding tert-OH is 1. The molecule has 0 aromatic rings. The number of ether oxygens (including phenoxy) is 3. The molecule has 1 heterocycles. The Hall–Kier alpha value is -1.50. The summed E-state index contributed by atoms with van der Waals surface area (Å²) in [5.74, 6) is 0.0620. The van der Waals surface area contributed by atoms with E-state index in [2.05, 4.69) is 20.8 Å². The molecule has 9 atom stereocenters. The third kappa shape index (κ3) is 2.61. The second kappa shape index (κ2) is 7.00. The van der Waals surface area contributed by atoms with Crippen LogP contribution in [0.5, 0.6) is 0 Å². The Morgan fingerprint density at radius 3 is 2.84 bits per heavy atom. The largest absolute Gasteiger partial charge is 0.467 e. The fourth-order valence-corrected chi connectivity index (χ4v) is 8.01. The molecule has 5 rings (SSSR count). The van der Waals surface area contributed by atoms with Crippen LogP contribution >= 0.6 is 0 Å². The van der Waals surface area contributed by atoms with Gasteiger partial charge < -0.3 is 19.3 Å². The van der Waals surface area contributed by atoms with E-state index >= 15 is 0 Å². The van der Waals surface area contributed by atoms with Crippen molar-refractivity contribution in [1.82, 2.24) is 0 Å². The molecule has 0 bridgehead atoms. The van der Waals surface area contributed by atoms with Gasteiger partial charge in [-0.25, -0.2) is 4.79 Å². The van der Waals surface area contributed by atoms with Crippen molar-refractivity contribution >= 4 is 11.8 Å². The summed E-state index contributed by atoms with van der Waals surface area (Å²) in [7, 11) is 1.41. The number of aliphatic hydroxyl groups is 1. The molecular formula is C25H34O6. The Kier molecular flexibility index (Phi) is 4.82. The summed E-state index contributed by atoms with van der Waals surface area (Å²) >= 11 is 0. The molecule has 0 spiro atoms. The molecular weight excluding hydrogens is 396 g/mol. The first kappa shape index (κ1) is 21.4. The predicted molar refractivity (Wildman–Crippen MR) is 113 cm³/mol. The number of carbonyl (C=O) groups is 2. The van der Waals surface area contributed by atoms with Crippen LogP contribution < -0.4 is 0 Å². The molecule has 1 N–H and O–H groups in total. The number of allylic oxidation sites excluding steroid dienone is 4. The third-order valence-corrected chi connectivity index (χ3v) is 9.30. The van der Waals surface area contributed by atoms with E-state index in [9.17, 15) is 14.7 Å². The Morgan fingerprint density at radius 2 is 2.13 bits per heavy atom. The van der Waals surface area contributed by atoms with E-state index in [1.807, 2.05) is 6.08 Å². The zero-order chi connectivity index (χ0) is 22.2. The van der Waals surface area contributed by atoms with Crippen molar-refractivity contribution in [2.45, 2.75) is 83.4 Å². The highest BCUT2D eigenvalue weighted by molar-refractivity contribution is 6.01. The fraction of sp³-hybridized carbons (Fsp3) is 0.760. The van der Waals surface area contributed by atoms with Crippen LogP contribution in [0.15, 0.2) is 23.8 Å². The second-order valence-corrected chi connectivity index (χ2v) is 10.6. The lowest BCUT2D eigenvalue weighted by Crippen LogP contribution is -2.63. The zero-order valence-corrected chi connectivity index (χ0v) is 18.9. The number of hydrogen-bond donors (Lipinski definition) is 1. The molecule has 1 aliphatic heterocycles. The molecule has 6 heteroatoms. The van der Waals surface area contributed by atoms with Crippen molar-refractivity contribution < 1.29 is 28.9 Å². The molecule has 3 saturated carbocycles. The van der Waals surface area contributed by atoms with Crippen molar-refractivity contribution in [1.29, 1.82) is 0 Å². The topological polar surface area (TPSA) is 82.1 Å². The van der Waals surface area contributed by atoms with Crippen molar-refractivity contribution in [3.05, 3.63) is 23.8 Å². The number of esters is 1. The minimum atomic E-state index is -1.17. The van der Waals surface area contributed by atoms with Gasteiger partial charge in [-0.2, -0.15) is 0 Å². The van der Waals surface area contributed by atoms with Crippen LogP contribution in [0.25, 0.3) is 0 Å². The molecule has 31 heavy (non-hydrogen) atoms. The quantitative estimate of drug-likeness (QED) is 0.692. The van der Waals surface area contributed by atoms with Gasteiger partial charge in [0.05, 0.1) is 13.2 Å². The van der Waals surface area contributed by atoms with Gasteiger partial charge in [-0.3, -0.25) is 4.79 Å². The lowest BCUT2D eigenvalue weighted by Gasteiger charge is -2.59. The van der Waals surface area contributed by atoms with Crippen molar-refractivity contribution in [2.75, 3.05) is 7.11 Å². The molecule has 4 aliphatic carbocycles. The average molecular weight is 431 g/mol. The van der Waals surface area contributed by atoms with Crippen LogP contribution in [-0.2, 0) is 23.8 Å². The van der Waals surface area contributed by atoms with Crippen molar-refractivity contribution in [2.24, 2.45) is 28.6 Å². The van der Waals surface area contributed by atoms with Crippen LogP contribution in [0.3, 0.4) is 0 Å². The standard InChI is InChI=1S/C25H34O6/c1-5-6-20-30-19-12-17-16-8-7-14-11-15(26)9-10-23(14,2)21(16)18(27)13-24(17,3)25(19,31-20)22(28)29-4/h9-11,16-21,27H,5-8,12-13H2,1-4H3/t16?,17-,18-,19+,20?,21+,23?,24?,25?/m0/s1. The van der Waals surface area contributed by atoms with Gasteiger partial charge in [-0.15, -0.1) is 0 Å². The number of ketones is 1. The van der Waals surface area contributed by atoms with Gasteiger partial charge in [0.2, 0.25) is 0 Å². The average Bonchev–Trinajstić information content (AvgIpc) is 3.20. The van der Waals surface area contributed by atoms with E-state index in [0.717, 1.165) is 37.7 Å². The highest BCUT2D eigenvalue weighted by atomic mass is 16.8. The van der Waals surface area contributed by atoms with Crippen LogP contribution in [0.1, 0.15) is 59.3 Å². The second-order valence-electron chi connectivity index (χ2n) is 10.6. The van der Waals surface area contributed by atoms with E-state index in [-0.39, 0.29) is 41.0 Å². The first-order chi connectivity index (χ1) is 14.7. The Balaban J connectivity index is 1.55. The lowest BCUT2D eigenvalue weighted by molar-refractivity contribution is -0.213. The third-order valence-electron chi connectivity index (χ3n) is 9.30. The molecule has 5 unspecified atom stereocenters. The molecule has 0 aromatic heterocycles. The van der Waals surface area contributed by atoms with Crippen LogP contribution in [-0.4, -0.2) is 48.1 Å². The van der Waals surface area contributed by atoms with Gasteiger partial charge in [0.25, 0.3) is 0 Å². The van der Waals surface area contributed by atoms with Gasteiger partial charge in [0.1, 0.15) is 6.10 Å². The first-order valence-corrected chi connectivity index (χ1v) is 11.7. The van der Waals surface area contributed by atoms with E-state index < -0.39 is 23.4 Å². The SMILES string of the molecule is CCCC1O[C@@H]2C[C@H]3C4CCC5=CC(=O)C=CC5(C)[C@H]4[C@@H](O)CC3(C)C2(C(=O)OC)O1. The summed E-state index contributed by atoms with van der Waals surface area (Å²) in [5.41, 5.74) is -0.951. The van der Waals surface area contributed by atoms with Crippen LogP contribution in [0.4, 0.5) is 0 Å². The Morgan fingerprint density at radius 1 is 1.35 bits per heavy atom. The van der Waals surface area contributed by atoms with Gasteiger partial charge in [-0.1, -0.05) is 38.8 Å². The van der Waals surface area contributed by atoms with Gasteiger partial charge in [0.15, 0.2) is 17.7 Å². The maximum absolute atomic E-state index is 13.3. The molecule has 0 radical (unpaired) electrons. The van der Waals surface area contributed by atoms with Gasteiger partial charge in [-0.05, 0) is 56.1 Å². The maximum Gasteiger partial charge on any atom is 0.341 e. The minimum Gasteiger partial charge on any atom is -0.467 e. The molecule has 5 aliphatic rings. The van der Waals surface area contributed by atoms with Gasteiger partial charge in [0, 0.05) is 16.7 Å². The predicted octanol–water partition coefficient (Wildman–Crippen LogP) is 3.33. The first-order valence-electron chi connectivity index (χ1n) is 11.7. The van der Waals surface area contributed by atoms with E-state index in [1.165, 1.54) is 7.11 Å². The number of hydrogen-bond acceptors (Lipinski definition) is 6. The van der Waals surface area contributed by atoms with Crippen molar-refractivity contribution in [3.63, 3.8) is 0 Å². The Labute approximate surface area is 184 Å². The lowest BCUT2D eigenvalue weighted by atomic mass is 9.46. The normalized spacial score (nSPS) is 50.2. The van der Waals surface area contributed by atoms with Crippen LogP contribution in [0.2, 0.25) is 0 Å². The number of methoxy groups -OCH3 is 1.